The summed E-state index contributed by atoms with van der Waals surface area (Å²) in [6, 6.07) is 5.09. The molecule has 2 heterocycles. The summed E-state index contributed by atoms with van der Waals surface area (Å²) in [5.74, 6) is -1.02. The number of likely N-dealkylation sites (N-methyl/N-ethyl adjacent to an activating group) is 1. The van der Waals surface area contributed by atoms with Crippen molar-refractivity contribution in [2.75, 3.05) is 51.2 Å². The molecule has 0 radical (unpaired) electrons. The molecule has 1 N–H and O–H groups in total. The topological polar surface area (TPSA) is 55.9 Å². The zero-order chi connectivity index (χ0) is 19.6. The first kappa shape index (κ1) is 20.4. The smallest absolute Gasteiger partial charge is 0.239 e. The van der Waals surface area contributed by atoms with Gasteiger partial charge in [0.25, 0.3) is 0 Å². The molecule has 2 fully saturated rings. The highest BCUT2D eigenvalue weighted by Gasteiger charge is 2.38. The van der Waals surface area contributed by atoms with E-state index in [1.54, 1.807) is 23.1 Å². The van der Waals surface area contributed by atoms with Gasteiger partial charge >= 0.3 is 0 Å². The van der Waals surface area contributed by atoms with E-state index in [9.17, 15) is 9.59 Å². The second-order valence-electron chi connectivity index (χ2n) is 7.44. The number of nitrogens with zero attached hydrogens (tertiary/aromatic N) is 3. The SMILES string of the molecule is CC(CN1CCN(C)CC1)NC(=O)C1CCN(c2ccc(Cl)c(Cl)c2)C1=O. The van der Waals surface area contributed by atoms with Crippen molar-refractivity contribution in [3.8, 4) is 0 Å². The molecular formula is C19H26Cl2N4O2. The van der Waals surface area contributed by atoms with Crippen molar-refractivity contribution in [1.82, 2.24) is 15.1 Å². The van der Waals surface area contributed by atoms with Gasteiger partial charge in [-0.3, -0.25) is 14.5 Å². The number of nitrogens with one attached hydrogen (secondary N) is 1. The molecule has 2 atom stereocenters. The molecule has 2 aliphatic rings. The van der Waals surface area contributed by atoms with Gasteiger partial charge < -0.3 is 15.1 Å². The van der Waals surface area contributed by atoms with E-state index in [4.69, 9.17) is 23.2 Å². The van der Waals surface area contributed by atoms with Crippen LogP contribution in [0.2, 0.25) is 10.0 Å². The van der Waals surface area contributed by atoms with Gasteiger partial charge in [0, 0.05) is 51.0 Å². The average Bonchev–Trinajstić information content (AvgIpc) is 3.01. The molecule has 2 unspecified atom stereocenters. The van der Waals surface area contributed by atoms with Crippen molar-refractivity contribution in [2.45, 2.75) is 19.4 Å². The zero-order valence-electron chi connectivity index (χ0n) is 15.8. The van der Waals surface area contributed by atoms with Crippen molar-refractivity contribution in [1.29, 1.82) is 0 Å². The molecule has 2 amide bonds. The van der Waals surface area contributed by atoms with Crippen molar-refractivity contribution < 1.29 is 9.59 Å². The molecule has 0 aliphatic carbocycles. The lowest BCUT2D eigenvalue weighted by atomic mass is 10.1. The maximum Gasteiger partial charge on any atom is 0.239 e. The molecular weight excluding hydrogens is 387 g/mol. The van der Waals surface area contributed by atoms with Crippen LogP contribution in [0, 0.1) is 5.92 Å². The van der Waals surface area contributed by atoms with E-state index >= 15 is 0 Å². The van der Waals surface area contributed by atoms with Crippen LogP contribution in [0.15, 0.2) is 18.2 Å². The van der Waals surface area contributed by atoms with Crippen LogP contribution in [-0.4, -0.2) is 74.0 Å². The van der Waals surface area contributed by atoms with Gasteiger partial charge in [-0.05, 0) is 38.6 Å². The Balaban J connectivity index is 1.54. The molecule has 0 bridgehead atoms. The van der Waals surface area contributed by atoms with Crippen LogP contribution in [0.3, 0.4) is 0 Å². The third-order valence-electron chi connectivity index (χ3n) is 5.25. The van der Waals surface area contributed by atoms with Gasteiger partial charge in [-0.25, -0.2) is 0 Å². The number of amides is 2. The largest absolute Gasteiger partial charge is 0.352 e. The summed E-state index contributed by atoms with van der Waals surface area (Å²) in [7, 11) is 2.12. The number of hydrogen-bond donors (Lipinski definition) is 1. The molecule has 0 aromatic heterocycles. The summed E-state index contributed by atoms with van der Waals surface area (Å²) in [6.07, 6.45) is 0.506. The highest BCUT2D eigenvalue weighted by atomic mass is 35.5. The Morgan fingerprint density at radius 2 is 1.89 bits per heavy atom. The molecule has 6 nitrogen and oxygen atoms in total. The van der Waals surface area contributed by atoms with Crippen molar-refractivity contribution >= 4 is 40.7 Å². The number of halogens is 2. The van der Waals surface area contributed by atoms with Crippen LogP contribution in [0.1, 0.15) is 13.3 Å². The van der Waals surface area contributed by atoms with Crippen LogP contribution in [0.4, 0.5) is 5.69 Å². The standard InChI is InChI=1S/C19H26Cl2N4O2/c1-13(12-24-9-7-23(2)8-10-24)22-18(26)15-5-6-25(19(15)27)14-3-4-16(20)17(21)11-14/h3-4,11,13,15H,5-10,12H2,1-2H3,(H,22,26). The Bertz CT molecular complexity index is 707. The summed E-state index contributed by atoms with van der Waals surface area (Å²) < 4.78 is 0. The normalized spacial score (nSPS) is 22.9. The number of carbonyl (C=O) groups is 2. The summed E-state index contributed by atoms with van der Waals surface area (Å²) in [5, 5.41) is 3.86. The van der Waals surface area contributed by atoms with Crippen molar-refractivity contribution in [3.05, 3.63) is 28.2 Å². The lowest BCUT2D eigenvalue weighted by Crippen LogP contribution is -2.50. The first-order valence-electron chi connectivity index (χ1n) is 9.33. The third kappa shape index (κ3) is 4.93. The van der Waals surface area contributed by atoms with E-state index in [0.717, 1.165) is 32.7 Å². The third-order valence-corrected chi connectivity index (χ3v) is 5.99. The van der Waals surface area contributed by atoms with Gasteiger partial charge in [-0.2, -0.15) is 0 Å². The van der Waals surface area contributed by atoms with Gasteiger partial charge in [-0.1, -0.05) is 23.2 Å². The maximum atomic E-state index is 12.7. The second kappa shape index (κ2) is 8.78. The lowest BCUT2D eigenvalue weighted by Gasteiger charge is -2.34. The van der Waals surface area contributed by atoms with Crippen LogP contribution >= 0.6 is 23.2 Å². The molecule has 0 saturated carbocycles. The summed E-state index contributed by atoms with van der Waals surface area (Å²) in [5.41, 5.74) is 0.676. The molecule has 2 saturated heterocycles. The van der Waals surface area contributed by atoms with Gasteiger partial charge in [0.2, 0.25) is 11.8 Å². The number of carbonyl (C=O) groups excluding carboxylic acids is 2. The van der Waals surface area contributed by atoms with E-state index in [-0.39, 0.29) is 17.9 Å². The van der Waals surface area contributed by atoms with Gasteiger partial charge in [0.1, 0.15) is 5.92 Å². The second-order valence-corrected chi connectivity index (χ2v) is 8.26. The van der Waals surface area contributed by atoms with Crippen LogP contribution in [0.25, 0.3) is 0 Å². The molecule has 2 aliphatic heterocycles. The summed E-state index contributed by atoms with van der Waals surface area (Å²) >= 11 is 12.0. The number of benzene rings is 1. The highest BCUT2D eigenvalue weighted by Crippen LogP contribution is 2.31. The molecule has 8 heteroatoms. The number of anilines is 1. The fourth-order valence-corrected chi connectivity index (χ4v) is 3.93. The molecule has 1 aromatic rings. The van der Waals surface area contributed by atoms with Gasteiger partial charge in [0.15, 0.2) is 0 Å². The minimum absolute atomic E-state index is 0.00716. The lowest BCUT2D eigenvalue weighted by molar-refractivity contribution is -0.132. The van der Waals surface area contributed by atoms with Crippen molar-refractivity contribution in [2.24, 2.45) is 5.92 Å². The molecule has 0 spiro atoms. The molecule has 1 aromatic carbocycles. The predicted molar refractivity (Wildman–Crippen MR) is 108 cm³/mol. The van der Waals surface area contributed by atoms with E-state index in [2.05, 4.69) is 22.2 Å². The first-order valence-corrected chi connectivity index (χ1v) is 10.1. The van der Waals surface area contributed by atoms with E-state index < -0.39 is 5.92 Å². The minimum atomic E-state index is -0.644. The minimum Gasteiger partial charge on any atom is -0.352 e. The van der Waals surface area contributed by atoms with Gasteiger partial charge in [-0.15, -0.1) is 0 Å². The van der Waals surface area contributed by atoms with E-state index in [1.807, 2.05) is 6.92 Å². The highest BCUT2D eigenvalue weighted by molar-refractivity contribution is 6.42. The molecule has 27 heavy (non-hydrogen) atoms. The number of hydrogen-bond acceptors (Lipinski definition) is 4. The zero-order valence-corrected chi connectivity index (χ0v) is 17.3. The van der Waals surface area contributed by atoms with Crippen LogP contribution in [-0.2, 0) is 9.59 Å². The fourth-order valence-electron chi connectivity index (χ4n) is 3.64. The van der Waals surface area contributed by atoms with Crippen LogP contribution in [0.5, 0.6) is 0 Å². The Hall–Kier alpha value is -1.34. The van der Waals surface area contributed by atoms with Gasteiger partial charge in [0.05, 0.1) is 10.0 Å². The fraction of sp³-hybridized carbons (Fsp3) is 0.579. The summed E-state index contributed by atoms with van der Waals surface area (Å²) in [6.45, 7) is 7.39. The Morgan fingerprint density at radius 3 is 2.56 bits per heavy atom. The quantitative estimate of drug-likeness (QED) is 0.752. The molecule has 148 valence electrons. The van der Waals surface area contributed by atoms with E-state index in [1.165, 1.54) is 0 Å². The number of piperazine rings is 1. The van der Waals surface area contributed by atoms with E-state index in [0.29, 0.717) is 28.7 Å². The summed E-state index contributed by atoms with van der Waals surface area (Å²) in [4.78, 5) is 31.6. The Kier molecular flexibility index (Phi) is 6.63. The predicted octanol–water partition coefficient (Wildman–Crippen LogP) is 2.10. The van der Waals surface area contributed by atoms with Crippen molar-refractivity contribution in [3.63, 3.8) is 0 Å². The average molecular weight is 413 g/mol. The first-order chi connectivity index (χ1) is 12.8. The van der Waals surface area contributed by atoms with Crippen LogP contribution < -0.4 is 10.2 Å². The monoisotopic (exact) mass is 412 g/mol. The Morgan fingerprint density at radius 1 is 1.19 bits per heavy atom. The maximum absolute atomic E-state index is 12.7. The number of rotatable bonds is 5. The molecule has 3 rings (SSSR count). The Labute approximate surface area is 170 Å².